The van der Waals surface area contributed by atoms with Crippen molar-refractivity contribution in [3.05, 3.63) is 66.9 Å². The summed E-state index contributed by atoms with van der Waals surface area (Å²) in [6.07, 6.45) is -2.86. The van der Waals surface area contributed by atoms with Crippen molar-refractivity contribution in [1.82, 2.24) is 14.9 Å². The minimum atomic E-state index is -4.69. The van der Waals surface area contributed by atoms with Crippen LogP contribution in [0.4, 0.5) is 47.7 Å². The predicted molar refractivity (Wildman–Crippen MR) is 144 cm³/mol. The van der Waals surface area contributed by atoms with E-state index in [0.717, 1.165) is 44.1 Å². The van der Waals surface area contributed by atoms with E-state index in [0.29, 0.717) is 29.4 Å². The van der Waals surface area contributed by atoms with Crippen LogP contribution in [0.3, 0.4) is 0 Å². The van der Waals surface area contributed by atoms with Gasteiger partial charge in [0.2, 0.25) is 11.9 Å². The Hall–Kier alpha value is -4.32. The Morgan fingerprint density at radius 1 is 1.15 bits per heavy atom. The number of amides is 1. The zero-order valence-corrected chi connectivity index (χ0v) is 21.3. The van der Waals surface area contributed by atoms with E-state index in [9.17, 15) is 18.0 Å². The van der Waals surface area contributed by atoms with Crippen molar-refractivity contribution < 1.29 is 22.7 Å². The fourth-order valence-electron chi connectivity index (χ4n) is 4.68. The van der Waals surface area contributed by atoms with E-state index in [-0.39, 0.29) is 12.0 Å². The van der Waals surface area contributed by atoms with Crippen LogP contribution >= 0.6 is 0 Å². The van der Waals surface area contributed by atoms with E-state index >= 15 is 0 Å². The first-order valence-electron chi connectivity index (χ1n) is 12.5. The van der Waals surface area contributed by atoms with Gasteiger partial charge >= 0.3 is 6.18 Å². The van der Waals surface area contributed by atoms with Gasteiger partial charge in [-0.15, -0.1) is 0 Å². The van der Waals surface area contributed by atoms with Gasteiger partial charge in [-0.3, -0.25) is 9.69 Å². The van der Waals surface area contributed by atoms with E-state index in [1.165, 1.54) is 6.07 Å². The van der Waals surface area contributed by atoms with Gasteiger partial charge in [0.1, 0.15) is 23.7 Å². The lowest BCUT2D eigenvalue weighted by atomic mass is 10.1. The smallest absolute Gasteiger partial charge is 0.421 e. The number of piperazine rings is 1. The number of benzene rings is 2. The van der Waals surface area contributed by atoms with E-state index < -0.39 is 23.5 Å². The number of halogens is 3. The fourth-order valence-corrected chi connectivity index (χ4v) is 4.68. The lowest BCUT2D eigenvalue weighted by Crippen LogP contribution is -2.57. The number of anilines is 6. The molecule has 2 aromatic carbocycles. The third kappa shape index (κ3) is 5.90. The summed E-state index contributed by atoms with van der Waals surface area (Å²) in [7, 11) is 0. The molecule has 12 heteroatoms. The van der Waals surface area contributed by atoms with Gasteiger partial charge in [-0.2, -0.15) is 18.2 Å². The molecule has 204 valence electrons. The van der Waals surface area contributed by atoms with Crippen molar-refractivity contribution in [3.8, 4) is 5.75 Å². The van der Waals surface area contributed by atoms with Crippen molar-refractivity contribution in [3.63, 3.8) is 0 Å². The molecule has 0 unspecified atom stereocenters. The van der Waals surface area contributed by atoms with Crippen LogP contribution in [0.5, 0.6) is 5.75 Å². The Kier molecular flexibility index (Phi) is 7.29. The van der Waals surface area contributed by atoms with Crippen LogP contribution in [0.15, 0.2) is 61.3 Å². The second-order valence-corrected chi connectivity index (χ2v) is 9.21. The molecule has 0 aliphatic carbocycles. The molecule has 39 heavy (non-hydrogen) atoms. The van der Waals surface area contributed by atoms with E-state index in [1.54, 1.807) is 24.3 Å². The minimum absolute atomic E-state index is 0.0215. The number of rotatable bonds is 7. The molecule has 0 bridgehead atoms. The minimum Gasteiger partial charge on any atom is -0.489 e. The first-order valence-corrected chi connectivity index (χ1v) is 12.5. The molecule has 1 saturated heterocycles. The van der Waals surface area contributed by atoms with E-state index in [2.05, 4.69) is 49.2 Å². The van der Waals surface area contributed by atoms with Crippen LogP contribution < -0.4 is 25.6 Å². The Morgan fingerprint density at radius 3 is 2.72 bits per heavy atom. The van der Waals surface area contributed by atoms with Gasteiger partial charge in [-0.25, -0.2) is 4.98 Å². The highest BCUT2D eigenvalue weighted by Gasteiger charge is 2.36. The fraction of sp³-hybridized carbons (Fsp3) is 0.296. The maximum Gasteiger partial charge on any atom is 0.421 e. The number of ether oxygens (including phenoxy) is 1. The standard InChI is InChI=1S/C27H28F3N7O2/c1-3-24(38)32-17-6-5-7-18(12-17)33-25-21(27(28,29)30)14-31-26(35-25)34-19-8-9-22-23(13-19)39-16-20-15-36(4-2)10-11-37(20)22/h3,5-9,12-14,20H,1,4,10-11,15-16H2,2H3,(H,32,38)(H2,31,33,34,35)/t20-/m1/s1. The molecule has 9 nitrogen and oxygen atoms in total. The van der Waals surface area contributed by atoms with Crippen LogP contribution in [0.25, 0.3) is 0 Å². The molecule has 1 fully saturated rings. The van der Waals surface area contributed by atoms with Gasteiger partial charge in [0, 0.05) is 49.0 Å². The van der Waals surface area contributed by atoms with Crippen molar-refractivity contribution in [1.29, 1.82) is 0 Å². The van der Waals surface area contributed by atoms with Crippen LogP contribution in [0.2, 0.25) is 0 Å². The summed E-state index contributed by atoms with van der Waals surface area (Å²) < 4.78 is 47.3. The average molecular weight is 540 g/mol. The van der Waals surface area contributed by atoms with Gasteiger partial charge in [0.05, 0.1) is 11.7 Å². The van der Waals surface area contributed by atoms with E-state index in [4.69, 9.17) is 4.74 Å². The maximum absolute atomic E-state index is 13.7. The number of carbonyl (C=O) groups is 1. The number of alkyl halides is 3. The number of nitrogens with one attached hydrogen (secondary N) is 3. The SMILES string of the molecule is C=CC(=O)Nc1cccc(Nc2nc(Nc3ccc4c(c3)OC[C@H]3CN(CC)CCN43)ncc2C(F)(F)F)c1. The van der Waals surface area contributed by atoms with Gasteiger partial charge in [-0.05, 0) is 43.0 Å². The summed E-state index contributed by atoms with van der Waals surface area (Å²) in [5.41, 5.74) is 1.23. The zero-order chi connectivity index (χ0) is 27.6. The highest BCUT2D eigenvalue weighted by Crippen LogP contribution is 2.39. The number of nitrogens with zero attached hydrogens (tertiary/aromatic N) is 4. The summed E-state index contributed by atoms with van der Waals surface area (Å²) in [6.45, 7) is 9.92. The molecular formula is C27H28F3N7O2. The maximum atomic E-state index is 13.7. The number of likely N-dealkylation sites (N-methyl/N-ethyl adjacent to an activating group) is 1. The molecule has 0 saturated carbocycles. The van der Waals surface area contributed by atoms with Crippen LogP contribution in [0.1, 0.15) is 12.5 Å². The second-order valence-electron chi connectivity index (χ2n) is 9.21. The molecular weight excluding hydrogens is 511 g/mol. The quantitative estimate of drug-likeness (QED) is 0.361. The lowest BCUT2D eigenvalue weighted by Gasteiger charge is -2.45. The van der Waals surface area contributed by atoms with Crippen molar-refractivity contribution in [2.24, 2.45) is 0 Å². The Morgan fingerprint density at radius 2 is 1.95 bits per heavy atom. The number of fused-ring (bicyclic) bond motifs is 3. The van der Waals surface area contributed by atoms with Gasteiger partial charge in [0.15, 0.2) is 0 Å². The van der Waals surface area contributed by atoms with Crippen molar-refractivity contribution >= 4 is 40.4 Å². The summed E-state index contributed by atoms with van der Waals surface area (Å²) >= 11 is 0. The van der Waals surface area contributed by atoms with E-state index in [1.807, 2.05) is 12.1 Å². The summed E-state index contributed by atoms with van der Waals surface area (Å²) in [6, 6.07) is 12.1. The largest absolute Gasteiger partial charge is 0.489 e. The summed E-state index contributed by atoms with van der Waals surface area (Å²) in [5, 5.41) is 8.26. The molecule has 3 aromatic rings. The number of aromatic nitrogens is 2. The molecule has 5 rings (SSSR count). The molecule has 1 aromatic heterocycles. The third-order valence-electron chi connectivity index (χ3n) is 6.64. The highest BCUT2D eigenvalue weighted by atomic mass is 19.4. The van der Waals surface area contributed by atoms with Gasteiger partial charge in [-0.1, -0.05) is 19.6 Å². The number of hydrogen-bond acceptors (Lipinski definition) is 8. The number of carbonyl (C=O) groups excluding carboxylic acids is 1. The molecule has 1 amide bonds. The Labute approximate surface area is 223 Å². The van der Waals surface area contributed by atoms with Crippen LogP contribution in [-0.4, -0.2) is 59.6 Å². The molecule has 2 aliphatic heterocycles. The molecule has 0 radical (unpaired) electrons. The first kappa shape index (κ1) is 26.3. The zero-order valence-electron chi connectivity index (χ0n) is 21.3. The topological polar surface area (TPSA) is 94.6 Å². The lowest BCUT2D eigenvalue weighted by molar-refractivity contribution is -0.137. The molecule has 0 spiro atoms. The Bertz CT molecular complexity index is 1380. The molecule has 3 N–H and O–H groups in total. The molecule has 3 heterocycles. The van der Waals surface area contributed by atoms with Crippen molar-refractivity contribution in [2.45, 2.75) is 19.1 Å². The molecule has 1 atom stereocenters. The van der Waals surface area contributed by atoms with Crippen molar-refractivity contribution in [2.75, 3.05) is 53.6 Å². The Balaban J connectivity index is 1.37. The van der Waals surface area contributed by atoms with Crippen LogP contribution in [-0.2, 0) is 11.0 Å². The second kappa shape index (κ2) is 10.8. The number of hydrogen-bond donors (Lipinski definition) is 3. The van der Waals surface area contributed by atoms with Gasteiger partial charge < -0.3 is 25.6 Å². The first-order chi connectivity index (χ1) is 18.7. The predicted octanol–water partition coefficient (Wildman–Crippen LogP) is 5.01. The normalized spacial score (nSPS) is 16.9. The van der Waals surface area contributed by atoms with Gasteiger partial charge in [0.25, 0.3) is 0 Å². The van der Waals surface area contributed by atoms with Crippen LogP contribution in [0, 0.1) is 0 Å². The molecule has 2 aliphatic rings. The highest BCUT2D eigenvalue weighted by molar-refractivity contribution is 5.99. The average Bonchev–Trinajstić information content (AvgIpc) is 2.92. The summed E-state index contributed by atoms with van der Waals surface area (Å²) in [5.74, 6) is -0.195. The summed E-state index contributed by atoms with van der Waals surface area (Å²) in [4.78, 5) is 24.4. The third-order valence-corrected chi connectivity index (χ3v) is 6.64. The monoisotopic (exact) mass is 539 g/mol.